The molecule has 3 saturated heterocycles. The van der Waals surface area contributed by atoms with Crippen molar-refractivity contribution in [1.82, 2.24) is 14.7 Å². The zero-order chi connectivity index (χ0) is 28.9. The third kappa shape index (κ3) is 5.36. The number of carbonyl (C=O) groups is 3. The van der Waals surface area contributed by atoms with Crippen molar-refractivity contribution in [3.05, 3.63) is 61.2 Å². The highest BCUT2D eigenvalue weighted by Gasteiger charge is 2.78. The summed E-state index contributed by atoms with van der Waals surface area (Å²) in [4.78, 5) is 48.0. The van der Waals surface area contributed by atoms with E-state index in [1.807, 2.05) is 37.3 Å². The summed E-state index contributed by atoms with van der Waals surface area (Å²) >= 11 is 0. The van der Waals surface area contributed by atoms with Crippen molar-refractivity contribution in [2.45, 2.75) is 76.2 Å². The first-order valence-electron chi connectivity index (χ1n) is 14.7. The van der Waals surface area contributed by atoms with Crippen molar-refractivity contribution in [2.24, 2.45) is 11.8 Å². The molecule has 8 heteroatoms. The van der Waals surface area contributed by atoms with Gasteiger partial charge in [-0.15, -0.1) is 13.2 Å². The van der Waals surface area contributed by atoms with Crippen molar-refractivity contribution >= 4 is 17.7 Å². The minimum absolute atomic E-state index is 0.0139. The van der Waals surface area contributed by atoms with Gasteiger partial charge in [0, 0.05) is 39.3 Å². The van der Waals surface area contributed by atoms with Crippen LogP contribution in [0.15, 0.2) is 55.6 Å². The number of fused-ring (bicyclic) bond motifs is 1. The Bertz CT molecular complexity index is 1090. The summed E-state index contributed by atoms with van der Waals surface area (Å²) in [6.07, 6.45) is 7.45. The quantitative estimate of drug-likeness (QED) is 0.266. The third-order valence-electron chi connectivity index (χ3n) is 8.90. The number of benzene rings is 1. The van der Waals surface area contributed by atoms with E-state index >= 15 is 0 Å². The summed E-state index contributed by atoms with van der Waals surface area (Å²) in [5, 5.41) is 9.41. The van der Waals surface area contributed by atoms with Crippen LogP contribution in [0.2, 0.25) is 0 Å². The van der Waals surface area contributed by atoms with Crippen LogP contribution in [0.25, 0.3) is 0 Å². The summed E-state index contributed by atoms with van der Waals surface area (Å²) in [5.41, 5.74) is -0.898. The molecule has 8 nitrogen and oxygen atoms in total. The average molecular weight is 552 g/mol. The van der Waals surface area contributed by atoms with E-state index in [1.165, 1.54) is 0 Å². The van der Waals surface area contributed by atoms with Gasteiger partial charge >= 0.3 is 0 Å². The number of rotatable bonds is 15. The molecule has 218 valence electrons. The molecule has 3 amide bonds. The van der Waals surface area contributed by atoms with Gasteiger partial charge in [0.2, 0.25) is 17.7 Å². The highest BCUT2D eigenvalue weighted by molar-refractivity contribution is 5.99. The molecule has 2 bridgehead atoms. The number of nitrogens with zero attached hydrogens (tertiary/aromatic N) is 3. The van der Waals surface area contributed by atoms with Gasteiger partial charge in [0.25, 0.3) is 0 Å². The predicted molar refractivity (Wildman–Crippen MR) is 154 cm³/mol. The molecule has 3 heterocycles. The van der Waals surface area contributed by atoms with E-state index in [0.29, 0.717) is 58.4 Å². The van der Waals surface area contributed by atoms with E-state index < -0.39 is 29.1 Å². The van der Waals surface area contributed by atoms with Gasteiger partial charge in [-0.1, -0.05) is 55.8 Å². The summed E-state index contributed by atoms with van der Waals surface area (Å²) in [6.45, 7) is 13.8. The molecular weight excluding hydrogens is 506 g/mol. The van der Waals surface area contributed by atoms with E-state index in [9.17, 15) is 19.5 Å². The standard InChI is InChI=1S/C32H45N3O5/c1-5-8-20-33(18-6-2)30(39)27-32-17-16-31(4,40-32)25(26(32)29(38)35(27)21-12-13-22-36)28(37)34(19-7-3)23-24-14-10-9-11-15-24/h6-7,9-11,14-15,25-27,36H,2-3,5,8,12-13,16-23H2,1,4H3/t25-,26-,27?,31+,32?/m0/s1. The maximum atomic E-state index is 14.3. The second-order valence-electron chi connectivity index (χ2n) is 11.6. The average Bonchev–Trinajstić information content (AvgIpc) is 3.51. The topological polar surface area (TPSA) is 90.4 Å². The summed E-state index contributed by atoms with van der Waals surface area (Å²) in [6, 6.07) is 8.98. The van der Waals surface area contributed by atoms with Crippen molar-refractivity contribution in [1.29, 1.82) is 0 Å². The second kappa shape index (κ2) is 12.7. The maximum Gasteiger partial charge on any atom is 0.248 e. The molecular formula is C32H45N3O5. The molecule has 1 aromatic rings. The highest BCUT2D eigenvalue weighted by Crippen LogP contribution is 2.63. The van der Waals surface area contributed by atoms with Gasteiger partial charge in [-0.3, -0.25) is 14.4 Å². The van der Waals surface area contributed by atoms with Crippen molar-refractivity contribution in [3.63, 3.8) is 0 Å². The number of unbranched alkanes of at least 4 members (excludes halogenated alkanes) is 2. The molecule has 40 heavy (non-hydrogen) atoms. The molecule has 5 atom stereocenters. The minimum atomic E-state index is -1.05. The molecule has 3 fully saturated rings. The van der Waals surface area contributed by atoms with Gasteiger partial charge in [-0.05, 0) is 44.6 Å². The molecule has 3 aliphatic rings. The summed E-state index contributed by atoms with van der Waals surface area (Å²) in [7, 11) is 0. The van der Waals surface area contributed by atoms with Gasteiger partial charge in [0.1, 0.15) is 11.6 Å². The smallest absolute Gasteiger partial charge is 0.248 e. The monoisotopic (exact) mass is 551 g/mol. The molecule has 3 aliphatic heterocycles. The van der Waals surface area contributed by atoms with Crippen LogP contribution >= 0.6 is 0 Å². The first-order valence-corrected chi connectivity index (χ1v) is 14.7. The lowest BCUT2D eigenvalue weighted by molar-refractivity contribution is -0.153. The fourth-order valence-electron chi connectivity index (χ4n) is 7.07. The lowest BCUT2D eigenvalue weighted by Crippen LogP contribution is -2.56. The number of aliphatic hydroxyl groups excluding tert-OH is 1. The van der Waals surface area contributed by atoms with E-state index in [1.54, 1.807) is 26.9 Å². The Labute approximate surface area is 238 Å². The molecule has 0 aromatic heterocycles. The summed E-state index contributed by atoms with van der Waals surface area (Å²) < 4.78 is 6.80. The lowest BCUT2D eigenvalue weighted by Gasteiger charge is -2.37. The van der Waals surface area contributed by atoms with Gasteiger partial charge in [0.05, 0.1) is 17.4 Å². The fraction of sp³-hybridized carbons (Fsp3) is 0.594. The number of likely N-dealkylation sites (tertiary alicyclic amines) is 1. The first-order chi connectivity index (χ1) is 19.3. The highest BCUT2D eigenvalue weighted by atomic mass is 16.5. The van der Waals surface area contributed by atoms with Gasteiger partial charge in [0.15, 0.2) is 0 Å². The van der Waals surface area contributed by atoms with Crippen molar-refractivity contribution in [2.75, 3.05) is 32.8 Å². The zero-order valence-electron chi connectivity index (χ0n) is 24.1. The second-order valence-corrected chi connectivity index (χ2v) is 11.6. The largest absolute Gasteiger partial charge is 0.396 e. The third-order valence-corrected chi connectivity index (χ3v) is 8.90. The van der Waals surface area contributed by atoms with Crippen LogP contribution in [0.5, 0.6) is 0 Å². The van der Waals surface area contributed by atoms with Gasteiger partial charge in [-0.2, -0.15) is 0 Å². The molecule has 2 unspecified atom stereocenters. The number of amides is 3. The predicted octanol–water partition coefficient (Wildman–Crippen LogP) is 3.55. The van der Waals surface area contributed by atoms with E-state index in [2.05, 4.69) is 20.1 Å². The van der Waals surface area contributed by atoms with E-state index in [0.717, 1.165) is 18.4 Å². The molecule has 1 spiro atoms. The van der Waals surface area contributed by atoms with E-state index in [-0.39, 0.29) is 24.3 Å². The Balaban J connectivity index is 1.72. The molecule has 0 saturated carbocycles. The van der Waals surface area contributed by atoms with E-state index in [4.69, 9.17) is 4.74 Å². The van der Waals surface area contributed by atoms with Gasteiger partial charge in [-0.25, -0.2) is 0 Å². The Hall–Kier alpha value is -2.97. The number of aliphatic hydroxyl groups is 1. The molecule has 1 aromatic carbocycles. The zero-order valence-corrected chi connectivity index (χ0v) is 24.1. The van der Waals surface area contributed by atoms with Gasteiger partial charge < -0.3 is 24.5 Å². The minimum Gasteiger partial charge on any atom is -0.396 e. The van der Waals surface area contributed by atoms with Crippen LogP contribution in [0.4, 0.5) is 0 Å². The number of carbonyl (C=O) groups excluding carboxylic acids is 3. The molecule has 0 radical (unpaired) electrons. The Morgan fingerprint density at radius 3 is 2.42 bits per heavy atom. The summed E-state index contributed by atoms with van der Waals surface area (Å²) in [5.74, 6) is -1.90. The fourth-order valence-corrected chi connectivity index (χ4v) is 7.07. The van der Waals surface area contributed by atoms with Crippen molar-refractivity contribution < 1.29 is 24.2 Å². The number of hydrogen-bond donors (Lipinski definition) is 1. The van der Waals surface area contributed by atoms with Crippen LogP contribution in [-0.2, 0) is 25.7 Å². The maximum absolute atomic E-state index is 14.3. The normalized spacial score (nSPS) is 28.4. The van der Waals surface area contributed by atoms with Crippen LogP contribution in [0.1, 0.15) is 57.9 Å². The Morgan fingerprint density at radius 1 is 1.07 bits per heavy atom. The number of hydrogen-bond acceptors (Lipinski definition) is 5. The first kappa shape index (κ1) is 30.0. The van der Waals surface area contributed by atoms with Crippen LogP contribution in [-0.4, -0.2) is 87.6 Å². The Kier molecular flexibility index (Phi) is 9.52. The van der Waals surface area contributed by atoms with Crippen LogP contribution in [0.3, 0.4) is 0 Å². The molecule has 1 N–H and O–H groups in total. The molecule has 4 rings (SSSR count). The molecule has 0 aliphatic carbocycles. The van der Waals surface area contributed by atoms with Crippen LogP contribution in [0, 0.1) is 11.8 Å². The Morgan fingerprint density at radius 2 is 1.77 bits per heavy atom. The van der Waals surface area contributed by atoms with Crippen molar-refractivity contribution in [3.8, 4) is 0 Å². The number of ether oxygens (including phenoxy) is 1. The van der Waals surface area contributed by atoms with Crippen LogP contribution < -0.4 is 0 Å². The SMILES string of the molecule is C=CCN(CCCC)C(=O)C1N(CCCCO)C(=O)[C@@H]2[C@@H](C(=O)N(CC=C)Cc3ccccc3)[C@@]3(C)CCC12O3. The lowest BCUT2D eigenvalue weighted by atomic mass is 9.66.